The van der Waals surface area contributed by atoms with Crippen molar-refractivity contribution in [2.45, 2.75) is 12.5 Å². The largest absolute Gasteiger partial charge is 0.320 e. The SMILES string of the molecule is O=C(Nc1ccccc1)NC1C(=O)N(CCc2ccccc2)c2ccccc2N(c2ccccc2)C1=O. The molecule has 37 heavy (non-hydrogen) atoms. The minimum absolute atomic E-state index is 0.342. The van der Waals surface area contributed by atoms with Crippen LogP contribution < -0.4 is 20.4 Å². The van der Waals surface area contributed by atoms with E-state index in [1.54, 1.807) is 41.3 Å². The van der Waals surface area contributed by atoms with Gasteiger partial charge in [-0.25, -0.2) is 4.79 Å². The first kappa shape index (κ1) is 23.8. The summed E-state index contributed by atoms with van der Waals surface area (Å²) in [6.07, 6.45) is 0.587. The zero-order valence-corrected chi connectivity index (χ0v) is 20.1. The average Bonchev–Trinajstić information content (AvgIpc) is 3.02. The van der Waals surface area contributed by atoms with Crippen LogP contribution in [-0.4, -0.2) is 30.4 Å². The van der Waals surface area contributed by atoms with Crippen molar-refractivity contribution in [3.05, 3.63) is 121 Å². The second kappa shape index (κ2) is 10.8. The fourth-order valence-corrected chi connectivity index (χ4v) is 4.41. The third kappa shape index (κ3) is 5.21. The normalized spacial score (nSPS) is 15.1. The van der Waals surface area contributed by atoms with Crippen LogP contribution in [-0.2, 0) is 16.0 Å². The van der Waals surface area contributed by atoms with Gasteiger partial charge in [-0.2, -0.15) is 0 Å². The number of urea groups is 1. The molecular formula is C30H26N4O3. The fourth-order valence-electron chi connectivity index (χ4n) is 4.41. The van der Waals surface area contributed by atoms with Crippen LogP contribution in [0.4, 0.5) is 27.5 Å². The number of anilines is 4. The predicted octanol–water partition coefficient (Wildman–Crippen LogP) is 5.13. The van der Waals surface area contributed by atoms with E-state index in [4.69, 9.17) is 0 Å². The molecule has 0 bridgehead atoms. The second-order valence-corrected chi connectivity index (χ2v) is 8.62. The lowest BCUT2D eigenvalue weighted by Gasteiger charge is -2.25. The van der Waals surface area contributed by atoms with Crippen LogP contribution in [0, 0.1) is 0 Å². The smallest absolute Gasteiger partial charge is 0.318 e. The number of carbonyl (C=O) groups is 3. The lowest BCUT2D eigenvalue weighted by atomic mass is 10.1. The van der Waals surface area contributed by atoms with Crippen molar-refractivity contribution in [3.8, 4) is 0 Å². The van der Waals surface area contributed by atoms with Crippen LogP contribution in [0.2, 0.25) is 0 Å². The number of rotatable bonds is 6. The Morgan fingerprint density at radius 2 is 1.24 bits per heavy atom. The highest BCUT2D eigenvalue weighted by molar-refractivity contribution is 6.24. The van der Waals surface area contributed by atoms with Gasteiger partial charge in [0.1, 0.15) is 0 Å². The van der Waals surface area contributed by atoms with Crippen molar-refractivity contribution in [3.63, 3.8) is 0 Å². The first-order chi connectivity index (χ1) is 18.1. The molecule has 2 N–H and O–H groups in total. The number of hydrogen-bond donors (Lipinski definition) is 2. The van der Waals surface area contributed by atoms with E-state index in [0.29, 0.717) is 35.7 Å². The monoisotopic (exact) mass is 490 g/mol. The van der Waals surface area contributed by atoms with Crippen molar-refractivity contribution in [2.75, 3.05) is 21.7 Å². The van der Waals surface area contributed by atoms with Gasteiger partial charge in [-0.05, 0) is 48.4 Å². The standard InChI is InChI=1S/C30H26N4O3/c35-28-27(32-30(37)31-23-14-6-2-7-15-23)29(36)34(24-16-8-3-9-17-24)26-19-11-10-18-25(26)33(28)21-20-22-12-4-1-5-13-22/h1-19,27H,20-21H2,(H2,31,32,37). The summed E-state index contributed by atoms with van der Waals surface area (Å²) in [5.41, 5.74) is 3.40. The third-order valence-electron chi connectivity index (χ3n) is 6.18. The van der Waals surface area contributed by atoms with Crippen LogP contribution in [0.1, 0.15) is 5.56 Å². The van der Waals surface area contributed by atoms with Crippen molar-refractivity contribution in [1.29, 1.82) is 0 Å². The molecule has 1 aliphatic rings. The van der Waals surface area contributed by atoms with Gasteiger partial charge in [0.05, 0.1) is 11.4 Å². The molecule has 0 radical (unpaired) electrons. The molecule has 5 rings (SSSR count). The molecule has 0 saturated carbocycles. The number of nitrogens with one attached hydrogen (secondary N) is 2. The maximum absolute atomic E-state index is 14.0. The summed E-state index contributed by atoms with van der Waals surface area (Å²) in [4.78, 5) is 43.9. The molecule has 4 amide bonds. The molecule has 4 aromatic carbocycles. The van der Waals surface area contributed by atoms with Gasteiger partial charge in [-0.15, -0.1) is 0 Å². The fraction of sp³-hybridized carbons (Fsp3) is 0.100. The number of fused-ring (bicyclic) bond motifs is 1. The first-order valence-electron chi connectivity index (χ1n) is 12.1. The van der Waals surface area contributed by atoms with E-state index in [1.165, 1.54) is 4.90 Å². The number of benzene rings is 4. The van der Waals surface area contributed by atoms with Crippen LogP contribution in [0.25, 0.3) is 0 Å². The van der Waals surface area contributed by atoms with Gasteiger partial charge in [0.2, 0.25) is 0 Å². The maximum atomic E-state index is 14.0. The Morgan fingerprint density at radius 3 is 1.92 bits per heavy atom. The summed E-state index contributed by atoms with van der Waals surface area (Å²) < 4.78 is 0. The van der Waals surface area contributed by atoms with Gasteiger partial charge in [-0.1, -0.05) is 78.9 Å². The van der Waals surface area contributed by atoms with E-state index in [2.05, 4.69) is 10.6 Å². The zero-order chi connectivity index (χ0) is 25.6. The van der Waals surface area contributed by atoms with Gasteiger partial charge in [0.15, 0.2) is 6.04 Å². The van der Waals surface area contributed by atoms with Gasteiger partial charge in [0, 0.05) is 17.9 Å². The zero-order valence-electron chi connectivity index (χ0n) is 20.1. The van der Waals surface area contributed by atoms with E-state index in [0.717, 1.165) is 5.56 Å². The highest BCUT2D eigenvalue weighted by atomic mass is 16.2. The molecule has 4 aromatic rings. The minimum atomic E-state index is -1.42. The highest BCUT2D eigenvalue weighted by Crippen LogP contribution is 2.38. The van der Waals surface area contributed by atoms with Crippen LogP contribution in [0.3, 0.4) is 0 Å². The summed E-state index contributed by atoms with van der Waals surface area (Å²) >= 11 is 0. The Morgan fingerprint density at radius 1 is 0.676 bits per heavy atom. The number of nitrogens with zero attached hydrogens (tertiary/aromatic N) is 2. The van der Waals surface area contributed by atoms with Crippen molar-refractivity contribution >= 4 is 40.6 Å². The molecule has 0 aromatic heterocycles. The van der Waals surface area contributed by atoms with Gasteiger partial charge in [-0.3, -0.25) is 14.5 Å². The van der Waals surface area contributed by atoms with E-state index >= 15 is 0 Å². The number of carbonyl (C=O) groups excluding carboxylic acids is 3. The number of para-hydroxylation sites is 4. The molecule has 0 aliphatic carbocycles. The van der Waals surface area contributed by atoms with Gasteiger partial charge in [0.25, 0.3) is 11.8 Å². The lowest BCUT2D eigenvalue weighted by molar-refractivity contribution is -0.128. The van der Waals surface area contributed by atoms with E-state index < -0.39 is 23.9 Å². The number of amides is 4. The Balaban J connectivity index is 1.53. The summed E-state index contributed by atoms with van der Waals surface area (Å²) in [6, 6.07) is 33.1. The number of hydrogen-bond acceptors (Lipinski definition) is 3. The van der Waals surface area contributed by atoms with E-state index in [9.17, 15) is 14.4 Å². The molecule has 0 spiro atoms. The Hall–Kier alpha value is -4.91. The summed E-state index contributed by atoms with van der Waals surface area (Å²) in [6.45, 7) is 0.342. The van der Waals surface area contributed by atoms with Crippen molar-refractivity contribution in [1.82, 2.24) is 5.32 Å². The maximum Gasteiger partial charge on any atom is 0.320 e. The van der Waals surface area contributed by atoms with Gasteiger partial charge >= 0.3 is 6.03 Å². The van der Waals surface area contributed by atoms with Crippen LogP contribution in [0.5, 0.6) is 0 Å². The summed E-state index contributed by atoms with van der Waals surface area (Å²) in [5, 5.41) is 5.34. The molecule has 1 aliphatic heterocycles. The molecule has 0 saturated heterocycles. The van der Waals surface area contributed by atoms with E-state index in [1.807, 2.05) is 78.9 Å². The first-order valence-corrected chi connectivity index (χ1v) is 12.1. The molecule has 1 heterocycles. The van der Waals surface area contributed by atoms with E-state index in [-0.39, 0.29) is 0 Å². The molecule has 7 nitrogen and oxygen atoms in total. The van der Waals surface area contributed by atoms with Crippen LogP contribution >= 0.6 is 0 Å². The second-order valence-electron chi connectivity index (χ2n) is 8.62. The molecule has 0 fully saturated rings. The molecule has 1 unspecified atom stereocenters. The lowest BCUT2D eigenvalue weighted by Crippen LogP contribution is -2.55. The minimum Gasteiger partial charge on any atom is -0.318 e. The van der Waals surface area contributed by atoms with Crippen LogP contribution in [0.15, 0.2) is 115 Å². The Bertz CT molecular complexity index is 1390. The molecular weight excluding hydrogens is 464 g/mol. The van der Waals surface area contributed by atoms with Gasteiger partial charge < -0.3 is 15.5 Å². The summed E-state index contributed by atoms with van der Waals surface area (Å²) in [7, 11) is 0. The van der Waals surface area contributed by atoms with Crippen molar-refractivity contribution < 1.29 is 14.4 Å². The topological polar surface area (TPSA) is 81.8 Å². The van der Waals surface area contributed by atoms with Crippen molar-refractivity contribution in [2.24, 2.45) is 0 Å². The predicted molar refractivity (Wildman–Crippen MR) is 145 cm³/mol. The average molecular weight is 491 g/mol. The Labute approximate surface area is 215 Å². The molecule has 1 atom stereocenters. The summed E-state index contributed by atoms with van der Waals surface area (Å²) in [5.74, 6) is -1.02. The highest BCUT2D eigenvalue weighted by Gasteiger charge is 2.41. The third-order valence-corrected chi connectivity index (χ3v) is 6.18. The molecule has 7 heteroatoms. The molecule has 184 valence electrons. The quantitative estimate of drug-likeness (QED) is 0.368. The Kier molecular flexibility index (Phi) is 6.94.